The molecule has 166 valence electrons. The zero-order chi connectivity index (χ0) is 22.9. The van der Waals surface area contributed by atoms with E-state index in [4.69, 9.17) is 11.6 Å². The van der Waals surface area contributed by atoms with Crippen LogP contribution in [0.3, 0.4) is 0 Å². The second-order valence-corrected chi connectivity index (χ2v) is 9.10. The van der Waals surface area contributed by atoms with Gasteiger partial charge in [0.05, 0.1) is 5.02 Å². The first kappa shape index (κ1) is 22.2. The molecule has 3 aromatic rings. The number of rotatable bonds is 7. The fourth-order valence-electron chi connectivity index (χ4n) is 3.77. The van der Waals surface area contributed by atoms with Crippen molar-refractivity contribution in [2.75, 3.05) is 0 Å². The Morgan fingerprint density at radius 1 is 1.12 bits per heavy atom. The van der Waals surface area contributed by atoms with Gasteiger partial charge in [-0.3, -0.25) is 4.79 Å². The van der Waals surface area contributed by atoms with Crippen LogP contribution in [0.15, 0.2) is 42.5 Å². The fourth-order valence-corrected chi connectivity index (χ4v) is 3.97. The summed E-state index contributed by atoms with van der Waals surface area (Å²) in [4.78, 5) is 25.3. The van der Waals surface area contributed by atoms with Gasteiger partial charge in [-0.15, -0.1) is 0 Å². The van der Waals surface area contributed by atoms with Gasteiger partial charge in [0.25, 0.3) is 0 Å². The van der Waals surface area contributed by atoms with Crippen LogP contribution >= 0.6 is 11.6 Å². The van der Waals surface area contributed by atoms with Crippen LogP contribution in [-0.4, -0.2) is 26.0 Å². The van der Waals surface area contributed by atoms with Crippen molar-refractivity contribution >= 4 is 17.5 Å². The molecule has 0 spiro atoms. The van der Waals surface area contributed by atoms with Crippen LogP contribution in [0.2, 0.25) is 5.02 Å². The standard InChI is InChI=1S/C25H27ClN4O2/c1-4-25(10-11-25)23(31)27-14-16-8-9-20(26)19(12-16)22-28-21(29-24(32)30-22)18-7-5-6-17(13-18)15(2)3/h5-9,12-13,15H,4,10-11,14H2,1-3H3,(H,27,31)(H,28,29,30,32). The minimum absolute atomic E-state index is 0.0987. The van der Waals surface area contributed by atoms with Crippen LogP contribution in [0.25, 0.3) is 22.8 Å². The van der Waals surface area contributed by atoms with Gasteiger partial charge in [-0.25, -0.2) is 4.98 Å². The lowest BCUT2D eigenvalue weighted by Crippen LogP contribution is -2.31. The Labute approximate surface area is 193 Å². The molecular formula is C25H27ClN4O2. The van der Waals surface area contributed by atoms with Gasteiger partial charge in [0, 0.05) is 23.1 Å². The molecule has 1 heterocycles. The molecule has 1 aliphatic rings. The Hall–Kier alpha value is -2.99. The molecule has 0 saturated heterocycles. The molecule has 7 heteroatoms. The highest BCUT2D eigenvalue weighted by molar-refractivity contribution is 6.33. The summed E-state index contributed by atoms with van der Waals surface area (Å²) in [5.41, 5.74) is 3.22. The molecule has 32 heavy (non-hydrogen) atoms. The molecule has 2 aromatic carbocycles. The molecule has 6 nitrogen and oxygen atoms in total. The number of hydrogen-bond acceptors (Lipinski definition) is 5. The number of aromatic nitrogens is 3. The first-order valence-corrected chi connectivity index (χ1v) is 11.3. The van der Waals surface area contributed by atoms with Gasteiger partial charge in [-0.2, -0.15) is 9.97 Å². The van der Waals surface area contributed by atoms with Crippen LogP contribution in [-0.2, 0) is 11.3 Å². The summed E-state index contributed by atoms with van der Waals surface area (Å²) in [6.07, 6.45) is 2.76. The highest BCUT2D eigenvalue weighted by atomic mass is 35.5. The average molecular weight is 451 g/mol. The molecular weight excluding hydrogens is 424 g/mol. The number of halogens is 1. The summed E-state index contributed by atoms with van der Waals surface area (Å²) < 4.78 is 0. The van der Waals surface area contributed by atoms with Crippen molar-refractivity contribution in [1.82, 2.24) is 20.3 Å². The number of nitrogens with one attached hydrogen (secondary N) is 1. The van der Waals surface area contributed by atoms with Gasteiger partial charge in [-0.05, 0) is 54.5 Å². The second-order valence-electron chi connectivity index (χ2n) is 8.69. The number of amides is 1. The van der Waals surface area contributed by atoms with Crippen molar-refractivity contribution < 1.29 is 9.90 Å². The molecule has 2 N–H and O–H groups in total. The van der Waals surface area contributed by atoms with Gasteiger partial charge in [0.1, 0.15) is 0 Å². The third kappa shape index (κ3) is 4.60. The minimum atomic E-state index is -0.367. The van der Waals surface area contributed by atoms with E-state index in [1.165, 1.54) is 0 Å². The summed E-state index contributed by atoms with van der Waals surface area (Å²) >= 11 is 6.45. The summed E-state index contributed by atoms with van der Waals surface area (Å²) in [7, 11) is 0. The van der Waals surface area contributed by atoms with Crippen molar-refractivity contribution in [1.29, 1.82) is 0 Å². The first-order valence-electron chi connectivity index (χ1n) is 10.9. The van der Waals surface area contributed by atoms with Crippen molar-refractivity contribution in [2.24, 2.45) is 5.41 Å². The highest BCUT2D eigenvalue weighted by Gasteiger charge is 2.47. The van der Waals surface area contributed by atoms with Gasteiger partial charge in [0.15, 0.2) is 11.6 Å². The molecule has 0 atom stereocenters. The van der Waals surface area contributed by atoms with Crippen molar-refractivity contribution in [3.8, 4) is 28.8 Å². The maximum Gasteiger partial charge on any atom is 0.318 e. The maximum atomic E-state index is 12.5. The predicted molar refractivity (Wildman–Crippen MR) is 125 cm³/mol. The predicted octanol–water partition coefficient (Wildman–Crippen LogP) is 5.49. The Balaban J connectivity index is 1.63. The number of aromatic hydroxyl groups is 1. The zero-order valence-electron chi connectivity index (χ0n) is 18.5. The number of carbonyl (C=O) groups is 1. The molecule has 1 fully saturated rings. The average Bonchev–Trinajstić information content (AvgIpc) is 3.59. The summed E-state index contributed by atoms with van der Waals surface area (Å²) in [5, 5.41) is 13.7. The van der Waals surface area contributed by atoms with Crippen LogP contribution < -0.4 is 5.32 Å². The summed E-state index contributed by atoms with van der Waals surface area (Å²) in [6.45, 7) is 6.68. The van der Waals surface area contributed by atoms with E-state index in [0.29, 0.717) is 28.9 Å². The molecule has 0 aliphatic heterocycles. The summed E-state index contributed by atoms with van der Waals surface area (Å²) in [5.74, 6) is 1.12. The lowest BCUT2D eigenvalue weighted by atomic mass is 10.0. The molecule has 4 rings (SSSR count). The number of nitrogens with zero attached hydrogens (tertiary/aromatic N) is 3. The van der Waals surface area contributed by atoms with Crippen molar-refractivity contribution in [3.05, 3.63) is 58.6 Å². The van der Waals surface area contributed by atoms with Gasteiger partial charge < -0.3 is 10.4 Å². The van der Waals surface area contributed by atoms with Gasteiger partial charge in [-0.1, -0.05) is 56.6 Å². The fraction of sp³-hybridized carbons (Fsp3) is 0.360. The largest absolute Gasteiger partial charge is 0.479 e. The van der Waals surface area contributed by atoms with E-state index in [9.17, 15) is 9.90 Å². The van der Waals surface area contributed by atoms with E-state index < -0.39 is 0 Å². The van der Waals surface area contributed by atoms with E-state index >= 15 is 0 Å². The van der Waals surface area contributed by atoms with Crippen LogP contribution in [0.1, 0.15) is 57.1 Å². The smallest absolute Gasteiger partial charge is 0.318 e. The molecule has 1 aliphatic carbocycles. The Morgan fingerprint density at radius 3 is 2.56 bits per heavy atom. The van der Waals surface area contributed by atoms with E-state index in [2.05, 4.69) is 47.1 Å². The third-order valence-electron chi connectivity index (χ3n) is 6.17. The Kier molecular flexibility index (Phi) is 6.15. The number of carbonyl (C=O) groups excluding carboxylic acids is 1. The normalized spacial score (nSPS) is 14.4. The van der Waals surface area contributed by atoms with Crippen LogP contribution in [0, 0.1) is 5.41 Å². The minimum Gasteiger partial charge on any atom is -0.479 e. The quantitative estimate of drug-likeness (QED) is 0.496. The molecule has 0 radical (unpaired) electrons. The lowest BCUT2D eigenvalue weighted by molar-refractivity contribution is -0.126. The topological polar surface area (TPSA) is 88.0 Å². The molecule has 1 saturated carbocycles. The van der Waals surface area contributed by atoms with E-state index in [-0.39, 0.29) is 23.2 Å². The van der Waals surface area contributed by atoms with Gasteiger partial charge >= 0.3 is 6.01 Å². The maximum absolute atomic E-state index is 12.5. The van der Waals surface area contributed by atoms with Crippen LogP contribution in [0.4, 0.5) is 0 Å². The van der Waals surface area contributed by atoms with E-state index in [1.54, 1.807) is 6.07 Å². The highest BCUT2D eigenvalue weighted by Crippen LogP contribution is 2.48. The number of hydrogen-bond donors (Lipinski definition) is 2. The lowest BCUT2D eigenvalue weighted by Gasteiger charge is -2.14. The SMILES string of the molecule is CCC1(C(=O)NCc2ccc(Cl)c(-c3nc(O)nc(-c4cccc(C(C)C)c4)n3)c2)CC1. The molecule has 0 bridgehead atoms. The Bertz CT molecular complexity index is 1160. The van der Waals surface area contributed by atoms with E-state index in [1.807, 2.05) is 30.3 Å². The monoisotopic (exact) mass is 450 g/mol. The molecule has 1 amide bonds. The summed E-state index contributed by atoms with van der Waals surface area (Å²) in [6, 6.07) is 13.0. The Morgan fingerprint density at radius 2 is 1.88 bits per heavy atom. The van der Waals surface area contributed by atoms with Crippen LogP contribution in [0.5, 0.6) is 6.01 Å². The molecule has 1 aromatic heterocycles. The van der Waals surface area contributed by atoms with Crippen molar-refractivity contribution in [2.45, 2.75) is 52.5 Å². The van der Waals surface area contributed by atoms with Crippen molar-refractivity contribution in [3.63, 3.8) is 0 Å². The second kappa shape index (κ2) is 8.87. The van der Waals surface area contributed by atoms with E-state index in [0.717, 1.165) is 36.0 Å². The molecule has 0 unspecified atom stereocenters. The van der Waals surface area contributed by atoms with Gasteiger partial charge in [0.2, 0.25) is 5.91 Å². The first-order chi connectivity index (χ1) is 15.3. The number of benzene rings is 2. The zero-order valence-corrected chi connectivity index (χ0v) is 19.3. The third-order valence-corrected chi connectivity index (χ3v) is 6.50.